The highest BCUT2D eigenvalue weighted by Crippen LogP contribution is 2.00. The molecule has 0 saturated heterocycles. The minimum atomic E-state index is -1.12. The summed E-state index contributed by atoms with van der Waals surface area (Å²) in [6.45, 7) is 1.98. The van der Waals surface area contributed by atoms with E-state index >= 15 is 0 Å². The highest BCUT2D eigenvalue weighted by Gasteiger charge is 2.22. The van der Waals surface area contributed by atoms with Gasteiger partial charge in [0, 0.05) is 0 Å². The zero-order valence-corrected chi connectivity index (χ0v) is 3.77. The van der Waals surface area contributed by atoms with Crippen LogP contribution in [0.5, 0.6) is 0 Å². The van der Waals surface area contributed by atoms with E-state index in [2.05, 4.69) is 9.73 Å². The van der Waals surface area contributed by atoms with E-state index in [0.29, 0.717) is 0 Å². The first kappa shape index (κ1) is 5.17. The molecule has 0 aromatic heterocycles. The summed E-state index contributed by atoms with van der Waals surface area (Å²) in [5, 5.41) is 9.75. The lowest BCUT2D eigenvalue weighted by Crippen LogP contribution is -2.19. The van der Waals surface area contributed by atoms with Gasteiger partial charge in [-0.05, 0) is 0 Å². The van der Waals surface area contributed by atoms with Gasteiger partial charge >= 0.3 is 6.23 Å². The van der Waals surface area contributed by atoms with Crippen molar-refractivity contribution in [1.82, 2.24) is 0 Å². The molecule has 0 aromatic carbocycles. The molecular weight excluding hydrogens is 112 g/mol. The van der Waals surface area contributed by atoms with Crippen LogP contribution in [0.25, 0.3) is 0 Å². The molecule has 1 unspecified atom stereocenters. The Balaban J connectivity index is 2.48. The Hall–Kier alpha value is -0.970. The van der Waals surface area contributed by atoms with E-state index in [0.717, 1.165) is 6.21 Å². The van der Waals surface area contributed by atoms with Crippen molar-refractivity contribution in [3.63, 3.8) is 0 Å². The molecule has 0 bridgehead atoms. The molecule has 1 rings (SSSR count). The molecule has 2 radical (unpaired) electrons. The lowest BCUT2D eigenvalue weighted by atomic mass is 10.7. The third-order valence-electron chi connectivity index (χ3n) is 0.636. The standard InChI is InChI=1S/C3H2N2O3/c6-5(7)3-1-4-2-8-3/h1,3H. The molecule has 1 atom stereocenters. The molecule has 0 fully saturated rings. The summed E-state index contributed by atoms with van der Waals surface area (Å²) < 4.78 is 4.24. The Bertz CT molecular complexity index is 132. The van der Waals surface area contributed by atoms with Crippen LogP contribution in [-0.4, -0.2) is 17.4 Å². The Labute approximate surface area is 45.1 Å². The Kier molecular flexibility index (Phi) is 1.21. The molecule has 0 aliphatic carbocycles. The Morgan fingerprint density at radius 2 is 2.75 bits per heavy atom. The van der Waals surface area contributed by atoms with Crippen LogP contribution in [0, 0.1) is 16.8 Å². The predicted octanol–water partition coefficient (Wildman–Crippen LogP) is -0.314. The van der Waals surface area contributed by atoms with Gasteiger partial charge in [-0.15, -0.1) is 0 Å². The van der Waals surface area contributed by atoms with Crippen molar-refractivity contribution in [2.75, 3.05) is 0 Å². The normalized spacial score (nSPS) is 26.2. The van der Waals surface area contributed by atoms with Gasteiger partial charge in [0.05, 0.1) is 4.92 Å². The van der Waals surface area contributed by atoms with Crippen LogP contribution in [0.15, 0.2) is 4.99 Å². The molecule has 1 heterocycles. The van der Waals surface area contributed by atoms with Crippen molar-refractivity contribution in [2.24, 2.45) is 4.99 Å². The van der Waals surface area contributed by atoms with Gasteiger partial charge in [0.1, 0.15) is 6.21 Å². The van der Waals surface area contributed by atoms with E-state index in [-0.39, 0.29) is 0 Å². The summed E-state index contributed by atoms with van der Waals surface area (Å²) in [6, 6.07) is 0. The maximum atomic E-state index is 9.75. The number of rotatable bonds is 1. The number of hydrogen-bond acceptors (Lipinski definition) is 4. The number of ether oxygens (including phenoxy) is 1. The minimum absolute atomic E-state index is 0.594. The molecule has 0 amide bonds. The van der Waals surface area contributed by atoms with Gasteiger partial charge in [0.25, 0.3) is 6.73 Å². The van der Waals surface area contributed by atoms with Gasteiger partial charge in [-0.2, -0.15) is 0 Å². The first-order chi connectivity index (χ1) is 3.80. The van der Waals surface area contributed by atoms with Crippen LogP contribution in [0.4, 0.5) is 0 Å². The zero-order valence-electron chi connectivity index (χ0n) is 3.77. The molecule has 0 spiro atoms. The molecule has 0 saturated carbocycles. The van der Waals surface area contributed by atoms with E-state index in [1.54, 1.807) is 0 Å². The van der Waals surface area contributed by atoms with Crippen LogP contribution < -0.4 is 0 Å². The quantitative estimate of drug-likeness (QED) is 0.347. The molecule has 1 aliphatic heterocycles. The SMILES string of the molecule is O=[N+]([O-])C1C=N[C]O1. The average molecular weight is 114 g/mol. The second-order valence-electron chi connectivity index (χ2n) is 1.16. The van der Waals surface area contributed by atoms with Crippen molar-refractivity contribution in [2.45, 2.75) is 6.23 Å². The summed E-state index contributed by atoms with van der Waals surface area (Å²) >= 11 is 0. The number of nitrogens with zero attached hydrogens (tertiary/aromatic N) is 2. The zero-order chi connectivity index (χ0) is 5.98. The fraction of sp³-hybridized carbons (Fsp3) is 0.333. The largest absolute Gasteiger partial charge is 0.354 e. The first-order valence-electron chi connectivity index (χ1n) is 1.88. The highest BCUT2D eigenvalue weighted by molar-refractivity contribution is 5.62. The topological polar surface area (TPSA) is 64.7 Å². The van der Waals surface area contributed by atoms with Crippen LogP contribution in [-0.2, 0) is 4.74 Å². The lowest BCUT2D eigenvalue weighted by molar-refractivity contribution is -0.545. The fourth-order valence-electron chi connectivity index (χ4n) is 0.307. The summed E-state index contributed by atoms with van der Waals surface area (Å²) in [6.07, 6.45) is -0.0463. The average Bonchev–Trinajstić information content (AvgIpc) is 2.12. The maximum Gasteiger partial charge on any atom is 0.354 e. The van der Waals surface area contributed by atoms with E-state index < -0.39 is 11.2 Å². The van der Waals surface area contributed by atoms with Crippen LogP contribution >= 0.6 is 0 Å². The lowest BCUT2D eigenvalue weighted by Gasteiger charge is -1.92. The van der Waals surface area contributed by atoms with Gasteiger partial charge in [0.2, 0.25) is 0 Å². The molecule has 5 heteroatoms. The van der Waals surface area contributed by atoms with Gasteiger partial charge < -0.3 is 0 Å². The molecular formula is C3H2N2O3. The van der Waals surface area contributed by atoms with Gasteiger partial charge in [-0.3, -0.25) is 14.9 Å². The maximum absolute atomic E-state index is 9.75. The van der Waals surface area contributed by atoms with Crippen molar-refractivity contribution in [1.29, 1.82) is 0 Å². The molecule has 1 aliphatic rings. The summed E-state index contributed by atoms with van der Waals surface area (Å²) in [4.78, 5) is 12.4. The predicted molar refractivity (Wildman–Crippen MR) is 23.6 cm³/mol. The summed E-state index contributed by atoms with van der Waals surface area (Å²) in [5.74, 6) is 0. The van der Waals surface area contributed by atoms with Crippen molar-refractivity contribution < 1.29 is 9.66 Å². The summed E-state index contributed by atoms with van der Waals surface area (Å²) in [5.41, 5.74) is 0. The minimum Gasteiger partial charge on any atom is -0.273 e. The summed E-state index contributed by atoms with van der Waals surface area (Å²) in [7, 11) is 0. The molecule has 0 aromatic rings. The van der Waals surface area contributed by atoms with Gasteiger partial charge in [-0.25, -0.2) is 4.99 Å². The Morgan fingerprint density at radius 3 is 3.00 bits per heavy atom. The van der Waals surface area contributed by atoms with Crippen molar-refractivity contribution in [3.8, 4) is 0 Å². The molecule has 5 nitrogen and oxygen atoms in total. The second kappa shape index (κ2) is 1.87. The fourth-order valence-corrected chi connectivity index (χ4v) is 0.307. The molecule has 8 heavy (non-hydrogen) atoms. The Morgan fingerprint density at radius 1 is 2.00 bits per heavy atom. The van der Waals surface area contributed by atoms with Crippen LogP contribution in [0.2, 0.25) is 0 Å². The van der Waals surface area contributed by atoms with Gasteiger partial charge in [-0.1, -0.05) is 0 Å². The van der Waals surface area contributed by atoms with E-state index in [1.807, 2.05) is 6.73 Å². The van der Waals surface area contributed by atoms with Gasteiger partial charge in [0.15, 0.2) is 0 Å². The molecule has 42 valence electrons. The van der Waals surface area contributed by atoms with Crippen LogP contribution in [0.3, 0.4) is 0 Å². The number of aliphatic imine (C=N–C) groups is 1. The first-order valence-corrected chi connectivity index (χ1v) is 1.88. The van der Waals surface area contributed by atoms with E-state index in [4.69, 9.17) is 0 Å². The third-order valence-corrected chi connectivity index (χ3v) is 0.636. The van der Waals surface area contributed by atoms with Crippen molar-refractivity contribution >= 4 is 6.21 Å². The van der Waals surface area contributed by atoms with Crippen LogP contribution in [0.1, 0.15) is 0 Å². The monoisotopic (exact) mass is 114 g/mol. The number of nitro groups is 1. The molecule has 0 N–H and O–H groups in total. The van der Waals surface area contributed by atoms with Crippen molar-refractivity contribution in [3.05, 3.63) is 16.8 Å². The third kappa shape index (κ3) is 0.812. The second-order valence-corrected chi connectivity index (χ2v) is 1.16. The van der Waals surface area contributed by atoms with E-state index in [1.165, 1.54) is 0 Å². The van der Waals surface area contributed by atoms with E-state index in [9.17, 15) is 10.1 Å². The highest BCUT2D eigenvalue weighted by atomic mass is 16.7. The smallest absolute Gasteiger partial charge is 0.273 e. The number of hydrogen-bond donors (Lipinski definition) is 0.